The summed E-state index contributed by atoms with van der Waals surface area (Å²) in [4.78, 5) is 8.17. The van der Waals surface area contributed by atoms with Gasteiger partial charge in [-0.3, -0.25) is 5.84 Å². The SMILES string of the molecule is C=C(/C(=C(/CCN)NN)c1ccncn1)c1ccc(F)cc1. The molecule has 1 aromatic carbocycles. The molecule has 5 N–H and O–H groups in total. The van der Waals surface area contributed by atoms with Crippen LogP contribution < -0.4 is 17.0 Å². The Morgan fingerprint density at radius 2 is 1.95 bits per heavy atom. The van der Waals surface area contributed by atoms with Crippen molar-refractivity contribution in [1.29, 1.82) is 0 Å². The second kappa shape index (κ2) is 7.44. The topological polar surface area (TPSA) is 89.8 Å². The van der Waals surface area contributed by atoms with Gasteiger partial charge in [0, 0.05) is 23.9 Å². The minimum Gasteiger partial charge on any atom is -0.330 e. The predicted molar refractivity (Wildman–Crippen MR) is 85.4 cm³/mol. The Morgan fingerprint density at radius 3 is 2.50 bits per heavy atom. The van der Waals surface area contributed by atoms with Crippen molar-refractivity contribution in [3.63, 3.8) is 0 Å². The number of nitrogens with one attached hydrogen (secondary N) is 1. The van der Waals surface area contributed by atoms with Gasteiger partial charge in [-0.1, -0.05) is 18.7 Å². The van der Waals surface area contributed by atoms with Crippen molar-refractivity contribution in [2.24, 2.45) is 11.6 Å². The van der Waals surface area contributed by atoms with Crippen LogP contribution >= 0.6 is 0 Å². The molecular weight excluding hydrogens is 281 g/mol. The third kappa shape index (κ3) is 3.55. The van der Waals surface area contributed by atoms with E-state index < -0.39 is 0 Å². The van der Waals surface area contributed by atoms with Crippen LogP contribution in [-0.4, -0.2) is 16.5 Å². The van der Waals surface area contributed by atoms with Crippen LogP contribution in [0.3, 0.4) is 0 Å². The molecule has 0 amide bonds. The van der Waals surface area contributed by atoms with Gasteiger partial charge in [0.15, 0.2) is 0 Å². The average molecular weight is 299 g/mol. The molecule has 0 aliphatic carbocycles. The summed E-state index contributed by atoms with van der Waals surface area (Å²) in [6.07, 6.45) is 3.62. The van der Waals surface area contributed by atoms with Gasteiger partial charge in [-0.15, -0.1) is 0 Å². The number of aromatic nitrogens is 2. The molecule has 1 heterocycles. The van der Waals surface area contributed by atoms with E-state index in [1.54, 1.807) is 24.4 Å². The lowest BCUT2D eigenvalue weighted by atomic mass is 9.94. The van der Waals surface area contributed by atoms with Gasteiger partial charge < -0.3 is 11.2 Å². The molecule has 0 radical (unpaired) electrons. The first-order chi connectivity index (χ1) is 10.7. The van der Waals surface area contributed by atoms with Crippen LogP contribution in [-0.2, 0) is 0 Å². The van der Waals surface area contributed by atoms with E-state index in [2.05, 4.69) is 22.0 Å². The first-order valence-electron chi connectivity index (χ1n) is 6.78. The Kier molecular flexibility index (Phi) is 5.35. The number of hydrazine groups is 1. The van der Waals surface area contributed by atoms with Gasteiger partial charge in [0.25, 0.3) is 0 Å². The fraction of sp³-hybridized carbons (Fsp3) is 0.125. The van der Waals surface area contributed by atoms with E-state index >= 15 is 0 Å². The van der Waals surface area contributed by atoms with Gasteiger partial charge in [-0.2, -0.15) is 0 Å². The number of hydrogen-bond acceptors (Lipinski definition) is 5. The molecular formula is C16H18FN5. The molecule has 2 aromatic rings. The van der Waals surface area contributed by atoms with Crippen molar-refractivity contribution in [2.75, 3.05) is 6.54 Å². The van der Waals surface area contributed by atoms with E-state index in [-0.39, 0.29) is 5.82 Å². The van der Waals surface area contributed by atoms with Crippen LogP contribution in [0.5, 0.6) is 0 Å². The largest absolute Gasteiger partial charge is 0.330 e. The highest BCUT2D eigenvalue weighted by atomic mass is 19.1. The van der Waals surface area contributed by atoms with Crippen molar-refractivity contribution in [2.45, 2.75) is 6.42 Å². The Labute approximate surface area is 128 Å². The predicted octanol–water partition coefficient (Wildman–Crippen LogP) is 1.85. The molecule has 5 nitrogen and oxygen atoms in total. The number of allylic oxidation sites excluding steroid dienone is 2. The summed E-state index contributed by atoms with van der Waals surface area (Å²) in [5.74, 6) is 5.33. The third-order valence-corrected chi connectivity index (χ3v) is 3.20. The van der Waals surface area contributed by atoms with E-state index in [1.165, 1.54) is 18.5 Å². The summed E-state index contributed by atoms with van der Waals surface area (Å²) in [6, 6.07) is 7.86. The van der Waals surface area contributed by atoms with Crippen LogP contribution in [0.4, 0.5) is 4.39 Å². The molecule has 0 bridgehead atoms. The smallest absolute Gasteiger partial charge is 0.123 e. The molecule has 0 saturated carbocycles. The number of nitrogens with two attached hydrogens (primary N) is 2. The summed E-state index contributed by atoms with van der Waals surface area (Å²) >= 11 is 0. The second-order valence-electron chi connectivity index (χ2n) is 4.62. The fourth-order valence-corrected chi connectivity index (χ4v) is 2.14. The summed E-state index contributed by atoms with van der Waals surface area (Å²) in [5.41, 5.74) is 11.9. The Balaban J connectivity index is 2.53. The zero-order valence-electron chi connectivity index (χ0n) is 12.1. The second-order valence-corrected chi connectivity index (χ2v) is 4.62. The summed E-state index contributed by atoms with van der Waals surface area (Å²) in [6.45, 7) is 4.53. The van der Waals surface area contributed by atoms with Gasteiger partial charge in [-0.05, 0) is 35.9 Å². The van der Waals surface area contributed by atoms with Crippen LogP contribution in [0, 0.1) is 5.82 Å². The number of hydrogen-bond donors (Lipinski definition) is 3. The number of nitrogens with zero attached hydrogens (tertiary/aromatic N) is 2. The molecule has 0 unspecified atom stereocenters. The number of rotatable bonds is 6. The summed E-state index contributed by atoms with van der Waals surface area (Å²) < 4.78 is 13.1. The van der Waals surface area contributed by atoms with Gasteiger partial charge in [0.05, 0.1) is 5.69 Å². The minimum absolute atomic E-state index is 0.303. The van der Waals surface area contributed by atoms with E-state index in [4.69, 9.17) is 11.6 Å². The Morgan fingerprint density at radius 1 is 1.23 bits per heavy atom. The highest BCUT2D eigenvalue weighted by Crippen LogP contribution is 2.31. The fourth-order valence-electron chi connectivity index (χ4n) is 2.14. The maximum atomic E-state index is 13.1. The molecule has 6 heteroatoms. The molecule has 22 heavy (non-hydrogen) atoms. The summed E-state index contributed by atoms with van der Waals surface area (Å²) in [5, 5.41) is 0. The van der Waals surface area contributed by atoms with Crippen molar-refractivity contribution in [3.05, 3.63) is 72.2 Å². The summed E-state index contributed by atoms with van der Waals surface area (Å²) in [7, 11) is 0. The van der Waals surface area contributed by atoms with Crippen LogP contribution in [0.1, 0.15) is 17.7 Å². The molecule has 0 fully saturated rings. The van der Waals surface area contributed by atoms with Crippen molar-refractivity contribution >= 4 is 11.1 Å². The van der Waals surface area contributed by atoms with E-state index in [0.717, 1.165) is 16.8 Å². The number of halogens is 1. The minimum atomic E-state index is -0.303. The zero-order chi connectivity index (χ0) is 15.9. The molecule has 114 valence electrons. The molecule has 0 spiro atoms. The molecule has 1 aromatic heterocycles. The highest BCUT2D eigenvalue weighted by molar-refractivity contribution is 6.04. The maximum absolute atomic E-state index is 13.1. The first kappa shape index (κ1) is 15.8. The van der Waals surface area contributed by atoms with Crippen LogP contribution in [0.2, 0.25) is 0 Å². The van der Waals surface area contributed by atoms with Gasteiger partial charge >= 0.3 is 0 Å². The van der Waals surface area contributed by atoms with E-state index in [9.17, 15) is 4.39 Å². The van der Waals surface area contributed by atoms with Crippen molar-refractivity contribution in [3.8, 4) is 0 Å². The van der Waals surface area contributed by atoms with Gasteiger partial charge in [0.1, 0.15) is 12.1 Å². The van der Waals surface area contributed by atoms with Crippen molar-refractivity contribution in [1.82, 2.24) is 15.4 Å². The molecule has 0 atom stereocenters. The Bertz CT molecular complexity index is 665. The van der Waals surface area contributed by atoms with E-state index in [0.29, 0.717) is 24.2 Å². The number of benzene rings is 1. The van der Waals surface area contributed by atoms with Crippen molar-refractivity contribution < 1.29 is 4.39 Å². The van der Waals surface area contributed by atoms with Gasteiger partial charge in [0.2, 0.25) is 0 Å². The zero-order valence-corrected chi connectivity index (χ0v) is 12.1. The van der Waals surface area contributed by atoms with E-state index in [1.807, 2.05) is 0 Å². The lowest BCUT2D eigenvalue weighted by Gasteiger charge is -2.17. The lowest BCUT2D eigenvalue weighted by molar-refractivity contribution is 0.627. The quantitative estimate of drug-likeness (QED) is 0.430. The molecule has 0 aliphatic rings. The average Bonchev–Trinajstić information content (AvgIpc) is 2.56. The molecule has 0 saturated heterocycles. The van der Waals surface area contributed by atoms with Crippen LogP contribution in [0.25, 0.3) is 11.1 Å². The molecule has 0 aliphatic heterocycles. The Hall–Kier alpha value is -2.57. The standard InChI is InChI=1S/C16H18FN5/c1-11(12-2-4-13(17)5-3-12)16(15(22-19)6-8-18)14-7-9-20-10-21-14/h2-5,7,9-10,22H,1,6,8,18-19H2/b16-15+. The lowest BCUT2D eigenvalue weighted by Crippen LogP contribution is -2.25. The van der Waals surface area contributed by atoms with Gasteiger partial charge in [-0.25, -0.2) is 14.4 Å². The highest BCUT2D eigenvalue weighted by Gasteiger charge is 2.15. The third-order valence-electron chi connectivity index (χ3n) is 3.20. The monoisotopic (exact) mass is 299 g/mol. The first-order valence-corrected chi connectivity index (χ1v) is 6.78. The maximum Gasteiger partial charge on any atom is 0.123 e. The molecule has 2 rings (SSSR count). The van der Waals surface area contributed by atoms with Crippen LogP contribution in [0.15, 0.2) is 55.1 Å². The normalized spacial score (nSPS) is 11.8.